The Labute approximate surface area is 199 Å². The number of nitrogens with zero attached hydrogens (tertiary/aromatic N) is 3. The van der Waals surface area contributed by atoms with Gasteiger partial charge in [-0.1, -0.05) is 30.3 Å². The standard InChI is InChI=1S/C25H33N5O4/c1-26-25(34)22(31)9-8-20(28-24(33)21-15-27-17-29(21)2)23(32)14-18-10-12-30(13-11-18)16-19-6-4-3-5-7-19/h3-7,15,17-18,20H,8-14,16H2,1-2H3,(H,26,34)(H,28,33)/t20-/m0/s1. The maximum absolute atomic E-state index is 13.2. The van der Waals surface area contributed by atoms with Gasteiger partial charge in [-0.3, -0.25) is 24.1 Å². The van der Waals surface area contributed by atoms with Gasteiger partial charge in [-0.25, -0.2) is 4.98 Å². The van der Waals surface area contributed by atoms with Crippen molar-refractivity contribution >= 4 is 23.4 Å². The quantitative estimate of drug-likeness (QED) is 0.484. The van der Waals surface area contributed by atoms with Crippen LogP contribution in [0.15, 0.2) is 42.9 Å². The van der Waals surface area contributed by atoms with Crippen molar-refractivity contribution in [3.8, 4) is 0 Å². The molecule has 1 atom stereocenters. The summed E-state index contributed by atoms with van der Waals surface area (Å²) in [6, 6.07) is 9.48. The van der Waals surface area contributed by atoms with Crippen LogP contribution in [0.4, 0.5) is 0 Å². The predicted octanol–water partition coefficient (Wildman–Crippen LogP) is 1.49. The zero-order chi connectivity index (χ0) is 24.5. The van der Waals surface area contributed by atoms with Crippen LogP contribution in [0.3, 0.4) is 0 Å². The molecule has 2 aromatic rings. The highest BCUT2D eigenvalue weighted by Crippen LogP contribution is 2.23. The minimum Gasteiger partial charge on any atom is -0.353 e. The van der Waals surface area contributed by atoms with Crippen molar-refractivity contribution < 1.29 is 19.2 Å². The molecule has 3 rings (SSSR count). The summed E-state index contributed by atoms with van der Waals surface area (Å²) in [5.74, 6) is -1.62. The third-order valence-corrected chi connectivity index (χ3v) is 6.33. The number of hydrogen-bond acceptors (Lipinski definition) is 6. The number of carbonyl (C=O) groups is 4. The molecule has 1 aromatic carbocycles. The smallest absolute Gasteiger partial charge is 0.287 e. The van der Waals surface area contributed by atoms with Gasteiger partial charge in [0.2, 0.25) is 5.78 Å². The van der Waals surface area contributed by atoms with E-state index in [1.165, 1.54) is 25.1 Å². The fourth-order valence-corrected chi connectivity index (χ4v) is 4.27. The average molecular weight is 468 g/mol. The van der Waals surface area contributed by atoms with Gasteiger partial charge >= 0.3 is 0 Å². The highest BCUT2D eigenvalue weighted by molar-refractivity contribution is 6.36. The first-order valence-corrected chi connectivity index (χ1v) is 11.7. The second-order valence-electron chi connectivity index (χ2n) is 8.83. The molecule has 1 aliphatic heterocycles. The van der Waals surface area contributed by atoms with E-state index in [1.807, 2.05) is 18.2 Å². The number of aromatic nitrogens is 2. The highest BCUT2D eigenvalue weighted by atomic mass is 16.2. The fourth-order valence-electron chi connectivity index (χ4n) is 4.27. The Balaban J connectivity index is 1.56. The lowest BCUT2D eigenvalue weighted by molar-refractivity contribution is -0.137. The van der Waals surface area contributed by atoms with Gasteiger partial charge in [0.15, 0.2) is 5.78 Å². The van der Waals surface area contributed by atoms with E-state index in [2.05, 4.69) is 32.7 Å². The number of rotatable bonds is 11. The van der Waals surface area contributed by atoms with Crippen molar-refractivity contribution in [2.45, 2.75) is 44.7 Å². The first-order chi connectivity index (χ1) is 16.4. The van der Waals surface area contributed by atoms with E-state index in [-0.39, 0.29) is 24.5 Å². The summed E-state index contributed by atoms with van der Waals surface area (Å²) in [4.78, 5) is 55.7. The van der Waals surface area contributed by atoms with Crippen LogP contribution >= 0.6 is 0 Å². The van der Waals surface area contributed by atoms with Gasteiger partial charge in [-0.05, 0) is 43.8 Å². The maximum Gasteiger partial charge on any atom is 0.287 e. The number of carbonyl (C=O) groups excluding carboxylic acids is 4. The zero-order valence-corrected chi connectivity index (χ0v) is 19.8. The highest BCUT2D eigenvalue weighted by Gasteiger charge is 2.28. The molecule has 0 unspecified atom stereocenters. The number of nitrogens with one attached hydrogen (secondary N) is 2. The lowest BCUT2D eigenvalue weighted by atomic mass is 9.88. The molecule has 0 spiro atoms. The van der Waals surface area contributed by atoms with Gasteiger partial charge < -0.3 is 15.2 Å². The second-order valence-corrected chi connectivity index (χ2v) is 8.83. The van der Waals surface area contributed by atoms with Crippen LogP contribution in [0, 0.1) is 5.92 Å². The molecule has 9 nitrogen and oxygen atoms in total. The second kappa shape index (κ2) is 12.2. The van der Waals surface area contributed by atoms with E-state index in [0.717, 1.165) is 32.5 Å². The average Bonchev–Trinajstić information content (AvgIpc) is 3.28. The number of benzene rings is 1. The summed E-state index contributed by atoms with van der Waals surface area (Å²) in [5, 5.41) is 5.06. The summed E-state index contributed by atoms with van der Waals surface area (Å²) >= 11 is 0. The molecule has 0 bridgehead atoms. The van der Waals surface area contributed by atoms with Crippen LogP contribution in [0.1, 0.15) is 48.2 Å². The molecule has 182 valence electrons. The fraction of sp³-hybridized carbons (Fsp3) is 0.480. The molecule has 1 aromatic heterocycles. The first kappa shape index (κ1) is 25.3. The topological polar surface area (TPSA) is 113 Å². The molecular weight excluding hydrogens is 434 g/mol. The van der Waals surface area contributed by atoms with E-state index in [9.17, 15) is 19.2 Å². The normalized spacial score (nSPS) is 15.5. The largest absolute Gasteiger partial charge is 0.353 e. The van der Waals surface area contributed by atoms with Gasteiger partial charge in [-0.2, -0.15) is 0 Å². The van der Waals surface area contributed by atoms with Crippen molar-refractivity contribution in [2.75, 3.05) is 20.1 Å². The Hall–Kier alpha value is -3.33. The van der Waals surface area contributed by atoms with E-state index >= 15 is 0 Å². The summed E-state index contributed by atoms with van der Waals surface area (Å²) in [6.45, 7) is 2.72. The van der Waals surface area contributed by atoms with Crippen LogP contribution in [0.5, 0.6) is 0 Å². The monoisotopic (exact) mass is 467 g/mol. The number of ketones is 2. The van der Waals surface area contributed by atoms with E-state index in [4.69, 9.17) is 0 Å². The minimum absolute atomic E-state index is 0.0849. The van der Waals surface area contributed by atoms with Crippen LogP contribution in [-0.2, 0) is 28.0 Å². The molecule has 2 amide bonds. The molecule has 0 aliphatic carbocycles. The van der Waals surface area contributed by atoms with Gasteiger partial charge in [0.05, 0.1) is 18.6 Å². The number of amides is 2. The number of hydrogen-bond donors (Lipinski definition) is 2. The van der Waals surface area contributed by atoms with Crippen LogP contribution in [0.25, 0.3) is 0 Å². The van der Waals surface area contributed by atoms with Crippen molar-refractivity contribution in [1.82, 2.24) is 25.1 Å². The van der Waals surface area contributed by atoms with Crippen molar-refractivity contribution in [3.63, 3.8) is 0 Å². The molecular formula is C25H33N5O4. The maximum atomic E-state index is 13.2. The van der Waals surface area contributed by atoms with E-state index in [1.54, 1.807) is 11.6 Å². The predicted molar refractivity (Wildman–Crippen MR) is 127 cm³/mol. The van der Waals surface area contributed by atoms with Crippen molar-refractivity contribution in [3.05, 3.63) is 54.1 Å². The van der Waals surface area contributed by atoms with Gasteiger partial charge in [-0.15, -0.1) is 0 Å². The number of piperidine rings is 1. The van der Waals surface area contributed by atoms with Crippen molar-refractivity contribution in [2.24, 2.45) is 13.0 Å². The summed E-state index contributed by atoms with van der Waals surface area (Å²) in [5.41, 5.74) is 1.60. The summed E-state index contributed by atoms with van der Waals surface area (Å²) in [6.07, 6.45) is 5.04. The Morgan fingerprint density at radius 1 is 1.12 bits per heavy atom. The third-order valence-electron chi connectivity index (χ3n) is 6.33. The van der Waals surface area contributed by atoms with Crippen molar-refractivity contribution in [1.29, 1.82) is 0 Å². The molecule has 0 radical (unpaired) electrons. The van der Waals surface area contributed by atoms with Gasteiger partial charge in [0.25, 0.3) is 11.8 Å². The number of aryl methyl sites for hydroxylation is 1. The minimum atomic E-state index is -0.835. The lowest BCUT2D eigenvalue weighted by Gasteiger charge is -2.32. The number of Topliss-reactive ketones (excluding diaryl/α,β-unsaturated/α-hetero) is 2. The van der Waals surface area contributed by atoms with Crippen LogP contribution < -0.4 is 10.6 Å². The number of imidazole rings is 1. The molecule has 1 fully saturated rings. The molecule has 1 aliphatic rings. The Morgan fingerprint density at radius 3 is 2.44 bits per heavy atom. The Bertz CT molecular complexity index is 996. The molecule has 34 heavy (non-hydrogen) atoms. The van der Waals surface area contributed by atoms with Crippen LogP contribution in [-0.4, -0.2) is 64.0 Å². The molecule has 2 heterocycles. The molecule has 9 heteroatoms. The van der Waals surface area contributed by atoms with E-state index < -0.39 is 23.6 Å². The molecule has 1 saturated heterocycles. The van der Waals surface area contributed by atoms with Crippen LogP contribution in [0.2, 0.25) is 0 Å². The summed E-state index contributed by atoms with van der Waals surface area (Å²) in [7, 11) is 3.08. The summed E-state index contributed by atoms with van der Waals surface area (Å²) < 4.78 is 1.56. The SMILES string of the molecule is CNC(=O)C(=O)CC[C@H](NC(=O)c1cncn1C)C(=O)CC1CCN(Cc2ccccc2)CC1. The Morgan fingerprint density at radius 2 is 1.82 bits per heavy atom. The third kappa shape index (κ3) is 7.08. The van der Waals surface area contributed by atoms with Gasteiger partial charge in [0.1, 0.15) is 5.69 Å². The van der Waals surface area contributed by atoms with E-state index in [0.29, 0.717) is 12.1 Å². The number of likely N-dealkylation sites (tertiary alicyclic amines) is 1. The Kier molecular flexibility index (Phi) is 9.09. The zero-order valence-electron chi connectivity index (χ0n) is 19.8. The first-order valence-electron chi connectivity index (χ1n) is 11.7. The molecule has 2 N–H and O–H groups in total. The van der Waals surface area contributed by atoms with Gasteiger partial charge in [0, 0.05) is 33.5 Å². The molecule has 0 saturated carbocycles. The number of likely N-dealkylation sites (N-methyl/N-ethyl adjacent to an activating group) is 1. The lowest BCUT2D eigenvalue weighted by Crippen LogP contribution is -2.43.